The van der Waals surface area contributed by atoms with Gasteiger partial charge in [-0.3, -0.25) is 4.79 Å². The number of hydrogen-bond acceptors (Lipinski definition) is 4. The molecule has 1 spiro atoms. The number of halogens is 3. The van der Waals surface area contributed by atoms with Gasteiger partial charge in [0.25, 0.3) is 0 Å². The Hall–Kier alpha value is -0.300. The fourth-order valence-electron chi connectivity index (χ4n) is 2.74. The van der Waals surface area contributed by atoms with Crippen LogP contribution < -0.4 is 0 Å². The van der Waals surface area contributed by atoms with Crippen molar-refractivity contribution in [2.75, 3.05) is 5.75 Å². The van der Waals surface area contributed by atoms with E-state index in [0.29, 0.717) is 12.2 Å². The lowest BCUT2D eigenvalue weighted by Gasteiger charge is -2.22. The standard InChI is InChI=1S/C10H9F3O2S2/c11-10(12,13)8(15)5-2-9(6-1-4(5)6)16-3-7(14)17-9/h4,6,15H,1-3H2/b8-5-. The molecule has 3 fully saturated rings. The molecular formula is C10H9F3O2S2. The van der Waals surface area contributed by atoms with Gasteiger partial charge in [-0.15, -0.1) is 11.8 Å². The van der Waals surface area contributed by atoms with Gasteiger partial charge in [0, 0.05) is 0 Å². The number of carbonyl (C=O) groups is 1. The second-order valence-electron chi connectivity index (χ2n) is 4.57. The van der Waals surface area contributed by atoms with Gasteiger partial charge < -0.3 is 5.11 Å². The molecule has 0 aromatic rings. The quantitative estimate of drug-likeness (QED) is 0.693. The van der Waals surface area contributed by atoms with Gasteiger partial charge in [0.15, 0.2) is 10.9 Å². The molecule has 3 atom stereocenters. The minimum atomic E-state index is -4.66. The Morgan fingerprint density at radius 1 is 1.47 bits per heavy atom. The highest BCUT2D eigenvalue weighted by atomic mass is 32.2. The van der Waals surface area contributed by atoms with Crippen LogP contribution in [0.5, 0.6) is 0 Å². The molecule has 3 rings (SSSR count). The van der Waals surface area contributed by atoms with Crippen LogP contribution >= 0.6 is 23.5 Å². The largest absolute Gasteiger partial charge is 0.504 e. The normalized spacial score (nSPS) is 43.1. The lowest BCUT2D eigenvalue weighted by molar-refractivity contribution is -0.122. The lowest BCUT2D eigenvalue weighted by atomic mass is 10.1. The number of carbonyl (C=O) groups excluding carboxylic acids is 1. The van der Waals surface area contributed by atoms with Gasteiger partial charge in [0.1, 0.15) is 0 Å². The molecule has 2 nitrogen and oxygen atoms in total. The van der Waals surface area contributed by atoms with Gasteiger partial charge in [0.2, 0.25) is 0 Å². The summed E-state index contributed by atoms with van der Waals surface area (Å²) in [4.78, 5) is 11.3. The Kier molecular flexibility index (Phi) is 2.34. The van der Waals surface area contributed by atoms with Crippen molar-refractivity contribution in [1.82, 2.24) is 0 Å². The molecule has 1 heterocycles. The Morgan fingerprint density at radius 2 is 2.18 bits per heavy atom. The second-order valence-corrected chi connectivity index (χ2v) is 7.52. The van der Waals surface area contributed by atoms with Gasteiger partial charge in [-0.1, -0.05) is 11.8 Å². The first-order valence-electron chi connectivity index (χ1n) is 5.18. The number of alkyl halides is 3. The molecule has 17 heavy (non-hydrogen) atoms. The third kappa shape index (κ3) is 1.69. The minimum absolute atomic E-state index is 0.0356. The second kappa shape index (κ2) is 3.38. The Labute approximate surface area is 104 Å². The summed E-state index contributed by atoms with van der Waals surface area (Å²) in [5.41, 5.74) is 0.109. The van der Waals surface area contributed by atoms with Gasteiger partial charge >= 0.3 is 6.18 Å². The van der Waals surface area contributed by atoms with Crippen LogP contribution in [0, 0.1) is 11.8 Å². The van der Waals surface area contributed by atoms with E-state index in [0.717, 1.165) is 0 Å². The summed E-state index contributed by atoms with van der Waals surface area (Å²) in [5, 5.41) is 9.28. The molecule has 0 aromatic carbocycles. The van der Waals surface area contributed by atoms with E-state index in [1.54, 1.807) is 0 Å². The highest BCUT2D eigenvalue weighted by molar-refractivity contribution is 8.30. The fourth-order valence-corrected chi connectivity index (χ4v) is 5.96. The van der Waals surface area contributed by atoms with Gasteiger partial charge in [0.05, 0.1) is 9.83 Å². The average molecular weight is 282 g/mol. The highest BCUT2D eigenvalue weighted by Gasteiger charge is 2.65. The predicted octanol–water partition coefficient (Wildman–Crippen LogP) is 3.10. The number of allylic oxidation sites excluding steroid dienone is 2. The summed E-state index contributed by atoms with van der Waals surface area (Å²) in [6.45, 7) is 0. The van der Waals surface area contributed by atoms with E-state index in [2.05, 4.69) is 0 Å². The summed E-state index contributed by atoms with van der Waals surface area (Å²) in [6, 6.07) is 0. The first kappa shape index (κ1) is 11.8. The monoisotopic (exact) mass is 282 g/mol. The smallest absolute Gasteiger partial charge is 0.448 e. The summed E-state index contributed by atoms with van der Waals surface area (Å²) in [6.07, 6.45) is -3.80. The van der Waals surface area contributed by atoms with Crippen LogP contribution in [0.3, 0.4) is 0 Å². The van der Waals surface area contributed by atoms with E-state index in [1.807, 2.05) is 0 Å². The number of fused-ring (bicyclic) bond motifs is 2. The van der Waals surface area contributed by atoms with Crippen LogP contribution in [0.2, 0.25) is 0 Å². The molecule has 0 aromatic heterocycles. The maximum Gasteiger partial charge on any atom is 0.448 e. The Morgan fingerprint density at radius 3 is 2.71 bits per heavy atom. The molecular weight excluding hydrogens is 273 g/mol. The molecule has 94 valence electrons. The Balaban J connectivity index is 1.92. The Bertz CT molecular complexity index is 432. The third-order valence-electron chi connectivity index (χ3n) is 3.53. The van der Waals surface area contributed by atoms with Gasteiger partial charge in [-0.25, -0.2) is 0 Å². The number of rotatable bonds is 0. The maximum atomic E-state index is 12.5. The highest BCUT2D eigenvalue weighted by Crippen LogP contribution is 2.72. The molecule has 1 saturated heterocycles. The predicted molar refractivity (Wildman–Crippen MR) is 59.7 cm³/mol. The van der Waals surface area contributed by atoms with E-state index < -0.39 is 16.0 Å². The summed E-state index contributed by atoms with van der Waals surface area (Å²) >= 11 is 2.61. The molecule has 1 N–H and O–H groups in total. The van der Waals surface area contributed by atoms with Crippen LogP contribution in [-0.2, 0) is 4.79 Å². The zero-order valence-electron chi connectivity index (χ0n) is 8.58. The van der Waals surface area contributed by atoms with Crippen LogP contribution in [0.4, 0.5) is 13.2 Å². The number of thioether (sulfide) groups is 2. The first-order valence-corrected chi connectivity index (χ1v) is 6.99. The molecule has 1 aliphatic heterocycles. The van der Waals surface area contributed by atoms with Crippen molar-refractivity contribution in [3.8, 4) is 0 Å². The summed E-state index contributed by atoms with van der Waals surface area (Å²) in [5.74, 6) is -1.10. The summed E-state index contributed by atoms with van der Waals surface area (Å²) < 4.78 is 36.9. The van der Waals surface area contributed by atoms with Gasteiger partial charge in [-0.05, 0) is 30.3 Å². The lowest BCUT2D eigenvalue weighted by Crippen LogP contribution is -2.19. The number of aliphatic hydroxyl groups is 1. The molecule has 2 saturated carbocycles. The topological polar surface area (TPSA) is 37.3 Å². The molecule has 2 aliphatic carbocycles. The zero-order valence-corrected chi connectivity index (χ0v) is 10.2. The molecule has 0 radical (unpaired) electrons. The molecule has 0 bridgehead atoms. The van der Waals surface area contributed by atoms with Crippen LogP contribution in [-0.4, -0.2) is 26.2 Å². The van der Waals surface area contributed by atoms with Gasteiger partial charge in [-0.2, -0.15) is 13.2 Å². The maximum absolute atomic E-state index is 12.5. The van der Waals surface area contributed by atoms with E-state index in [1.165, 1.54) is 23.5 Å². The van der Waals surface area contributed by atoms with Crippen molar-refractivity contribution in [3.63, 3.8) is 0 Å². The number of aliphatic hydroxyl groups excluding tert-OH is 1. The minimum Gasteiger partial charge on any atom is -0.504 e. The molecule has 7 heteroatoms. The summed E-state index contributed by atoms with van der Waals surface area (Å²) in [7, 11) is 0. The van der Waals surface area contributed by atoms with Crippen molar-refractivity contribution in [3.05, 3.63) is 11.3 Å². The van der Waals surface area contributed by atoms with Crippen LogP contribution in [0.15, 0.2) is 11.3 Å². The van der Waals surface area contributed by atoms with Crippen LogP contribution in [0.1, 0.15) is 12.8 Å². The number of hydrogen-bond donors (Lipinski definition) is 1. The molecule has 0 amide bonds. The van der Waals surface area contributed by atoms with E-state index >= 15 is 0 Å². The van der Waals surface area contributed by atoms with Crippen molar-refractivity contribution < 1.29 is 23.1 Å². The van der Waals surface area contributed by atoms with Crippen molar-refractivity contribution in [1.29, 1.82) is 0 Å². The zero-order chi connectivity index (χ0) is 12.4. The van der Waals surface area contributed by atoms with E-state index in [-0.39, 0.29) is 28.9 Å². The third-order valence-corrected chi connectivity index (χ3v) is 6.83. The van der Waals surface area contributed by atoms with Crippen molar-refractivity contribution >= 4 is 28.6 Å². The first-order chi connectivity index (χ1) is 7.83. The fraction of sp³-hybridized carbons (Fsp3) is 0.700. The van der Waals surface area contributed by atoms with Crippen molar-refractivity contribution in [2.24, 2.45) is 11.8 Å². The van der Waals surface area contributed by atoms with E-state index in [4.69, 9.17) is 0 Å². The molecule has 3 unspecified atom stereocenters. The molecule has 3 aliphatic rings. The van der Waals surface area contributed by atoms with Crippen LogP contribution in [0.25, 0.3) is 0 Å². The average Bonchev–Trinajstić information content (AvgIpc) is 2.87. The SMILES string of the molecule is O=C1CSC2(C/C(=C(/O)C(F)(F)F)C3CC32)S1. The van der Waals surface area contributed by atoms with Crippen molar-refractivity contribution in [2.45, 2.75) is 23.1 Å². The van der Waals surface area contributed by atoms with E-state index in [9.17, 15) is 23.1 Å².